The molecule has 68 valence electrons. The first kappa shape index (κ1) is 10.1. The Bertz CT molecular complexity index is 99.9. The average molecular weight is 218 g/mol. The van der Waals surface area contributed by atoms with E-state index in [-0.39, 0.29) is 0 Å². The second-order valence-corrected chi connectivity index (χ2v) is 2.87. The third-order valence-corrected chi connectivity index (χ3v) is 1.52. The molecule has 0 radical (unpaired) electrons. The molecule has 0 amide bonds. The normalized spacial score (nSPS) is 15.3. The second kappa shape index (κ2) is 2.59. The zero-order valence-electron chi connectivity index (χ0n) is 4.15. The van der Waals surface area contributed by atoms with E-state index < -0.39 is 24.3 Å². The van der Waals surface area contributed by atoms with Gasteiger partial charge in [0.15, 0.2) is 0 Å². The number of hydrogen-bond donors (Lipinski definition) is 1. The van der Waals surface area contributed by atoms with Crippen LogP contribution in [0, 0.1) is 0 Å². The van der Waals surface area contributed by atoms with Crippen molar-refractivity contribution >= 4 is 0 Å². The van der Waals surface area contributed by atoms with Gasteiger partial charge in [0.25, 0.3) is 0 Å². The molecule has 0 saturated heterocycles. The molecule has 0 heterocycles. The Morgan fingerprint density at radius 2 is 1.00 bits per heavy atom. The van der Waals surface area contributed by atoms with Gasteiger partial charge in [-0.2, -0.15) is 0 Å². The minimum atomic E-state index is -5.38. The van der Waals surface area contributed by atoms with E-state index >= 15 is 0 Å². The van der Waals surface area contributed by atoms with Crippen LogP contribution in [-0.4, -0.2) is 10.1 Å². The summed E-state index contributed by atoms with van der Waals surface area (Å²) >= 11 is -3.94. The van der Waals surface area contributed by atoms with Crippen LogP contribution in [0.2, 0.25) is 0 Å². The summed E-state index contributed by atoms with van der Waals surface area (Å²) in [6.07, 6.45) is 0. The molecule has 10 heavy (non-hydrogen) atoms. The molecule has 0 aromatic heterocycles. The molecule has 0 saturated carbocycles. The molecule has 0 atom stereocenters. The molecule has 2 N–H and O–H groups in total. The van der Waals surface area contributed by atoms with E-state index in [1.807, 2.05) is 0 Å². The molecule has 0 aliphatic heterocycles. The van der Waals surface area contributed by atoms with Crippen LogP contribution in [0.1, 0.15) is 0 Å². The van der Waals surface area contributed by atoms with E-state index in [4.69, 9.17) is 0 Å². The first-order chi connectivity index (χ1) is 4.15. The van der Waals surface area contributed by atoms with E-state index in [2.05, 4.69) is 4.75 Å². The van der Waals surface area contributed by atoms with Crippen LogP contribution in [0.3, 0.4) is 0 Å². The Kier molecular flexibility index (Phi) is 2.61. The maximum atomic E-state index is 11.1. The number of hydrogen-bond acceptors (Lipinski definition) is 1. The summed E-state index contributed by atoms with van der Waals surface area (Å²) in [7, 11) is 0. The molecule has 0 bridgehead atoms. The van der Waals surface area contributed by atoms with Crippen LogP contribution in [0.4, 0.5) is 26.3 Å². The zero-order valence-corrected chi connectivity index (χ0v) is 5.09. The number of alkyl halides is 6. The van der Waals surface area contributed by atoms with Crippen molar-refractivity contribution in [2.45, 2.75) is 10.1 Å². The van der Waals surface area contributed by atoms with Gasteiger partial charge in [-0.25, -0.2) is 0 Å². The molecule has 0 rings (SSSR count). The fourth-order valence-corrected chi connectivity index (χ4v) is 0.400. The summed E-state index contributed by atoms with van der Waals surface area (Å²) in [5.74, 6) is 0. The first-order valence-corrected chi connectivity index (χ1v) is 3.09. The van der Waals surface area contributed by atoms with E-state index in [0.29, 0.717) is 0 Å². The standard InChI is InChI=1S/2CF3.Cu.H2N/c2*2-1(3)4;;/h;;;1H2/q;;+1;-1. The molecule has 0 fully saturated rings. The number of halogens is 6. The third kappa shape index (κ3) is 2.76. The Labute approximate surface area is 56.3 Å². The Morgan fingerprint density at radius 1 is 0.800 bits per heavy atom. The van der Waals surface area contributed by atoms with Gasteiger partial charge in [0.2, 0.25) is 0 Å². The van der Waals surface area contributed by atoms with Gasteiger partial charge in [0, 0.05) is 0 Å². The third-order valence-electron chi connectivity index (χ3n) is 0.368. The SMILES string of the molecule is [NH2][Cu]([C](F)(F)F)[C](F)(F)F. The van der Waals surface area contributed by atoms with Crippen LogP contribution in [0.25, 0.3) is 0 Å². The predicted molar refractivity (Wildman–Crippen MR) is 16.3 cm³/mol. The van der Waals surface area contributed by atoms with E-state index in [0.717, 1.165) is 0 Å². The van der Waals surface area contributed by atoms with Crippen LogP contribution in [-0.2, 0) is 14.1 Å². The fourth-order valence-electron chi connectivity index (χ4n) is 0.0969. The second-order valence-electron chi connectivity index (χ2n) is 1.02. The van der Waals surface area contributed by atoms with Crippen LogP contribution < -0.4 is 4.75 Å². The van der Waals surface area contributed by atoms with Gasteiger partial charge in [-0.3, -0.25) is 0 Å². The van der Waals surface area contributed by atoms with Crippen LogP contribution in [0.15, 0.2) is 0 Å². The van der Waals surface area contributed by atoms with Crippen molar-refractivity contribution in [2.24, 2.45) is 4.75 Å². The van der Waals surface area contributed by atoms with Crippen molar-refractivity contribution in [1.29, 1.82) is 0 Å². The quantitative estimate of drug-likeness (QED) is 0.483. The zero-order chi connectivity index (χ0) is 8.58. The molecular formula is C2H2CuF6N. The van der Waals surface area contributed by atoms with Crippen LogP contribution >= 0.6 is 0 Å². The molecule has 0 aliphatic rings. The van der Waals surface area contributed by atoms with E-state index in [9.17, 15) is 26.3 Å². The molecule has 0 aromatic carbocycles. The summed E-state index contributed by atoms with van der Waals surface area (Å²) in [6.45, 7) is 0. The van der Waals surface area contributed by atoms with Crippen molar-refractivity contribution in [3.8, 4) is 0 Å². The van der Waals surface area contributed by atoms with Gasteiger partial charge in [-0.1, -0.05) is 0 Å². The van der Waals surface area contributed by atoms with E-state index in [1.54, 1.807) is 0 Å². The Balaban J connectivity index is 4.23. The average Bonchev–Trinajstić information content (AvgIpc) is 1.59. The summed E-state index contributed by atoms with van der Waals surface area (Å²) < 4.78 is 70.5. The molecule has 0 aromatic rings. The molecule has 1 nitrogen and oxygen atoms in total. The predicted octanol–water partition coefficient (Wildman–Crippen LogP) is 1.52. The van der Waals surface area contributed by atoms with Crippen LogP contribution in [0.5, 0.6) is 0 Å². The van der Waals surface area contributed by atoms with Crippen molar-refractivity contribution in [3.05, 3.63) is 0 Å². The van der Waals surface area contributed by atoms with Crippen molar-refractivity contribution in [3.63, 3.8) is 0 Å². The topological polar surface area (TPSA) is 26.0 Å². The van der Waals surface area contributed by atoms with Crippen molar-refractivity contribution < 1.29 is 40.5 Å². The van der Waals surface area contributed by atoms with Gasteiger partial charge in [0.1, 0.15) is 0 Å². The minimum absolute atomic E-state index is 3.80. The summed E-state index contributed by atoms with van der Waals surface area (Å²) in [4.78, 5) is 0. The Morgan fingerprint density at radius 3 is 1.00 bits per heavy atom. The number of nitrogens with two attached hydrogens (primary N) is 1. The first-order valence-electron chi connectivity index (χ1n) is 1.61. The molecule has 0 aliphatic carbocycles. The summed E-state index contributed by atoms with van der Waals surface area (Å²) in [5, 5.41) is -10.8. The van der Waals surface area contributed by atoms with Gasteiger partial charge in [-0.15, -0.1) is 0 Å². The van der Waals surface area contributed by atoms with Gasteiger partial charge >= 0.3 is 55.4 Å². The molecule has 8 heteroatoms. The fraction of sp³-hybridized carbons (Fsp3) is 1.00. The van der Waals surface area contributed by atoms with Gasteiger partial charge in [-0.05, 0) is 0 Å². The van der Waals surface area contributed by atoms with Crippen molar-refractivity contribution in [2.75, 3.05) is 0 Å². The summed E-state index contributed by atoms with van der Waals surface area (Å²) in [5.41, 5.74) is 0. The van der Waals surface area contributed by atoms with E-state index in [1.165, 1.54) is 0 Å². The van der Waals surface area contributed by atoms with Crippen molar-refractivity contribution in [1.82, 2.24) is 0 Å². The summed E-state index contributed by atoms with van der Waals surface area (Å²) in [6, 6.07) is 0. The molecular weight excluding hydrogens is 216 g/mol. The van der Waals surface area contributed by atoms with Gasteiger partial charge in [0.05, 0.1) is 0 Å². The monoisotopic (exact) mass is 217 g/mol. The van der Waals surface area contributed by atoms with Gasteiger partial charge < -0.3 is 0 Å². The number of rotatable bonds is 0. The maximum absolute atomic E-state index is 11.1. The Hall–Kier alpha value is 0.0595. The molecule has 0 unspecified atom stereocenters. The molecule has 0 spiro atoms.